The lowest BCUT2D eigenvalue weighted by atomic mass is 9.74. The Bertz CT molecular complexity index is 1750. The van der Waals surface area contributed by atoms with E-state index < -0.39 is 9.84 Å². The molecule has 3 aliphatic rings. The summed E-state index contributed by atoms with van der Waals surface area (Å²) in [5.74, 6) is 2.29. The highest BCUT2D eigenvalue weighted by atomic mass is 32.2. The molecule has 198 valence electrons. The zero-order chi connectivity index (χ0) is 26.9. The number of anilines is 5. The SMILES string of the molecule is CNCCCN1c2cccc3c2C2c4c(cccc4N(c4cc(S(C)(=O)=O)ccc4OC)c4cccc1c42)O3. The van der Waals surface area contributed by atoms with E-state index in [1.807, 2.05) is 19.2 Å². The minimum absolute atomic E-state index is 0.00300. The quantitative estimate of drug-likeness (QED) is 0.241. The van der Waals surface area contributed by atoms with Gasteiger partial charge in [-0.2, -0.15) is 0 Å². The summed E-state index contributed by atoms with van der Waals surface area (Å²) in [6, 6.07) is 23.8. The predicted molar refractivity (Wildman–Crippen MR) is 154 cm³/mol. The van der Waals surface area contributed by atoms with Crippen LogP contribution < -0.4 is 24.6 Å². The van der Waals surface area contributed by atoms with Gasteiger partial charge in [0.1, 0.15) is 17.2 Å². The largest absolute Gasteiger partial charge is 0.495 e. The molecule has 0 fully saturated rings. The first-order chi connectivity index (χ1) is 18.9. The fourth-order valence-corrected chi connectivity index (χ4v) is 6.96. The van der Waals surface area contributed by atoms with E-state index in [4.69, 9.17) is 9.47 Å². The van der Waals surface area contributed by atoms with E-state index >= 15 is 0 Å². The van der Waals surface area contributed by atoms with Gasteiger partial charge in [0.2, 0.25) is 0 Å². The number of methoxy groups -OCH3 is 1. The Morgan fingerprint density at radius 2 is 1.46 bits per heavy atom. The molecule has 4 aromatic rings. The number of nitrogens with zero attached hydrogens (tertiary/aromatic N) is 2. The Balaban J connectivity index is 1.54. The van der Waals surface area contributed by atoms with E-state index in [0.29, 0.717) is 11.4 Å². The van der Waals surface area contributed by atoms with Crippen molar-refractivity contribution in [2.45, 2.75) is 17.2 Å². The Morgan fingerprint density at radius 1 is 0.846 bits per heavy atom. The van der Waals surface area contributed by atoms with Gasteiger partial charge in [0.15, 0.2) is 9.84 Å². The van der Waals surface area contributed by atoms with Gasteiger partial charge < -0.3 is 24.6 Å². The average Bonchev–Trinajstić information content (AvgIpc) is 2.94. The highest BCUT2D eigenvalue weighted by molar-refractivity contribution is 7.90. The van der Waals surface area contributed by atoms with Crippen LogP contribution in [0.2, 0.25) is 0 Å². The molecule has 0 saturated carbocycles. The molecule has 3 heterocycles. The van der Waals surface area contributed by atoms with Crippen LogP contribution in [0, 0.1) is 0 Å². The topological polar surface area (TPSA) is 71.1 Å². The first-order valence-corrected chi connectivity index (χ1v) is 15.0. The van der Waals surface area contributed by atoms with Crippen LogP contribution >= 0.6 is 0 Å². The molecule has 0 radical (unpaired) electrons. The van der Waals surface area contributed by atoms with Crippen molar-refractivity contribution < 1.29 is 17.9 Å². The fraction of sp³-hybridized carbons (Fsp3) is 0.226. The Labute approximate surface area is 228 Å². The molecular weight excluding hydrogens is 510 g/mol. The van der Waals surface area contributed by atoms with Crippen molar-refractivity contribution >= 4 is 38.3 Å². The maximum atomic E-state index is 12.6. The molecule has 7 rings (SSSR count). The summed E-state index contributed by atoms with van der Waals surface area (Å²) in [5.41, 5.74) is 8.41. The van der Waals surface area contributed by atoms with Gasteiger partial charge >= 0.3 is 0 Å². The second-order valence-corrected chi connectivity index (χ2v) is 12.2. The molecule has 8 heteroatoms. The van der Waals surface area contributed by atoms with Crippen LogP contribution in [-0.4, -0.2) is 41.9 Å². The first kappa shape index (κ1) is 24.1. The van der Waals surface area contributed by atoms with E-state index in [0.717, 1.165) is 53.6 Å². The molecule has 7 nitrogen and oxygen atoms in total. The molecule has 0 amide bonds. The molecule has 0 saturated heterocycles. The van der Waals surface area contributed by atoms with Crippen LogP contribution in [0.4, 0.5) is 28.4 Å². The van der Waals surface area contributed by atoms with Gasteiger partial charge in [-0.3, -0.25) is 0 Å². The minimum atomic E-state index is -3.44. The molecule has 3 aliphatic heterocycles. The van der Waals surface area contributed by atoms with Gasteiger partial charge in [-0.15, -0.1) is 0 Å². The highest BCUT2D eigenvalue weighted by Gasteiger charge is 2.45. The number of sulfone groups is 1. The monoisotopic (exact) mass is 539 g/mol. The summed E-state index contributed by atoms with van der Waals surface area (Å²) >= 11 is 0. The van der Waals surface area contributed by atoms with Crippen molar-refractivity contribution in [3.8, 4) is 17.2 Å². The summed E-state index contributed by atoms with van der Waals surface area (Å²) in [6.45, 7) is 1.76. The van der Waals surface area contributed by atoms with Crippen molar-refractivity contribution in [2.24, 2.45) is 0 Å². The number of hydrogen-bond donors (Lipinski definition) is 1. The van der Waals surface area contributed by atoms with Gasteiger partial charge in [0.05, 0.1) is 29.1 Å². The summed E-state index contributed by atoms with van der Waals surface area (Å²) < 4.78 is 37.5. The number of rotatable bonds is 7. The van der Waals surface area contributed by atoms with Gasteiger partial charge in [-0.05, 0) is 74.6 Å². The maximum absolute atomic E-state index is 12.6. The molecule has 0 bridgehead atoms. The second-order valence-electron chi connectivity index (χ2n) is 10.2. The van der Waals surface area contributed by atoms with Crippen LogP contribution in [0.15, 0.2) is 77.7 Å². The van der Waals surface area contributed by atoms with Crippen molar-refractivity contribution in [1.82, 2.24) is 5.32 Å². The van der Waals surface area contributed by atoms with Gasteiger partial charge in [0, 0.05) is 46.8 Å². The van der Waals surface area contributed by atoms with Crippen LogP contribution in [0.5, 0.6) is 17.2 Å². The maximum Gasteiger partial charge on any atom is 0.175 e. The average molecular weight is 540 g/mol. The van der Waals surface area contributed by atoms with Gasteiger partial charge in [0.25, 0.3) is 0 Å². The molecule has 0 spiro atoms. The first-order valence-electron chi connectivity index (χ1n) is 13.1. The van der Waals surface area contributed by atoms with Crippen LogP contribution in [-0.2, 0) is 9.84 Å². The number of ether oxygens (including phenoxy) is 2. The number of nitrogens with one attached hydrogen (secondary N) is 1. The Kier molecular flexibility index (Phi) is 5.40. The standard InChI is InChI=1S/C31H29N3O4S/c1-32-16-7-17-33-20-8-4-10-22-28(20)31-29-21(33)9-5-12-26(29)38-27-13-6-11-23(30(27)31)34(22)24-18-19(39(3,35)36)14-15-25(24)37-2/h4-6,8-15,18,31-32H,7,16-17H2,1-3H3. The van der Waals surface area contributed by atoms with Crippen LogP contribution in [0.1, 0.15) is 29.0 Å². The lowest BCUT2D eigenvalue weighted by Crippen LogP contribution is -2.34. The minimum Gasteiger partial charge on any atom is -0.495 e. The highest BCUT2D eigenvalue weighted by Crippen LogP contribution is 2.65. The second kappa shape index (κ2) is 8.76. The summed E-state index contributed by atoms with van der Waals surface area (Å²) in [7, 11) is 0.151. The third kappa shape index (κ3) is 3.48. The van der Waals surface area contributed by atoms with Gasteiger partial charge in [-0.1, -0.05) is 18.2 Å². The van der Waals surface area contributed by atoms with E-state index in [9.17, 15) is 8.42 Å². The number of benzene rings is 4. The molecule has 4 aromatic carbocycles. The molecule has 39 heavy (non-hydrogen) atoms. The molecule has 1 unspecified atom stereocenters. The third-order valence-electron chi connectivity index (χ3n) is 7.92. The lowest BCUT2D eigenvalue weighted by Gasteiger charge is -2.47. The van der Waals surface area contributed by atoms with Crippen molar-refractivity contribution in [2.75, 3.05) is 43.3 Å². The smallest absolute Gasteiger partial charge is 0.175 e. The van der Waals surface area contributed by atoms with Crippen LogP contribution in [0.25, 0.3) is 0 Å². The molecular formula is C31H29N3O4S. The van der Waals surface area contributed by atoms with E-state index in [1.165, 1.54) is 23.1 Å². The predicted octanol–water partition coefficient (Wildman–Crippen LogP) is 6.23. The van der Waals surface area contributed by atoms with Crippen LogP contribution in [0.3, 0.4) is 0 Å². The zero-order valence-corrected chi connectivity index (χ0v) is 22.9. The Morgan fingerprint density at radius 3 is 2.13 bits per heavy atom. The Hall–Kier alpha value is -4.01. The molecule has 0 aliphatic carbocycles. The molecule has 0 aromatic heterocycles. The van der Waals surface area contributed by atoms with E-state index in [2.05, 4.69) is 57.6 Å². The number of hydrogen-bond acceptors (Lipinski definition) is 7. The van der Waals surface area contributed by atoms with Crippen molar-refractivity contribution in [3.05, 3.63) is 89.5 Å². The van der Waals surface area contributed by atoms with Crippen molar-refractivity contribution in [1.29, 1.82) is 0 Å². The molecule has 1 atom stereocenters. The summed E-state index contributed by atoms with van der Waals surface area (Å²) in [6.07, 6.45) is 2.21. The summed E-state index contributed by atoms with van der Waals surface area (Å²) in [5, 5.41) is 3.27. The summed E-state index contributed by atoms with van der Waals surface area (Å²) in [4.78, 5) is 4.78. The fourth-order valence-electron chi connectivity index (χ4n) is 6.32. The zero-order valence-electron chi connectivity index (χ0n) is 22.1. The van der Waals surface area contributed by atoms with Crippen molar-refractivity contribution in [3.63, 3.8) is 0 Å². The lowest BCUT2D eigenvalue weighted by molar-refractivity contribution is 0.415. The third-order valence-corrected chi connectivity index (χ3v) is 9.03. The molecule has 1 N–H and O–H groups in total. The van der Waals surface area contributed by atoms with Gasteiger partial charge in [-0.25, -0.2) is 8.42 Å². The normalized spacial score (nSPS) is 16.0. The van der Waals surface area contributed by atoms with E-state index in [-0.39, 0.29) is 10.8 Å². The van der Waals surface area contributed by atoms with E-state index in [1.54, 1.807) is 25.3 Å².